The van der Waals surface area contributed by atoms with E-state index in [9.17, 15) is 0 Å². The quantitative estimate of drug-likeness (QED) is 0.840. The molecule has 1 N–H and O–H groups in total. The molecule has 0 aromatic carbocycles. The van der Waals surface area contributed by atoms with Crippen LogP contribution in [-0.2, 0) is 6.54 Å². The van der Waals surface area contributed by atoms with Gasteiger partial charge in [-0.2, -0.15) is 0 Å². The van der Waals surface area contributed by atoms with E-state index in [0.29, 0.717) is 18.6 Å². The molecule has 0 spiro atoms. The lowest BCUT2D eigenvalue weighted by atomic mass is 10.0. The van der Waals surface area contributed by atoms with Crippen molar-refractivity contribution in [3.05, 3.63) is 16.1 Å². The lowest BCUT2D eigenvalue weighted by Crippen LogP contribution is -2.43. The van der Waals surface area contributed by atoms with Crippen molar-refractivity contribution in [2.75, 3.05) is 33.3 Å². The maximum Gasteiger partial charge on any atom is 0.0953 e. The first-order chi connectivity index (χ1) is 10.1. The molecule has 0 bridgehead atoms. The van der Waals surface area contributed by atoms with Crippen LogP contribution in [-0.4, -0.2) is 59.2 Å². The molecular formula is C16H29N3OS. The Bertz CT molecular complexity index is 413. The van der Waals surface area contributed by atoms with Gasteiger partial charge in [-0.1, -0.05) is 13.8 Å². The van der Waals surface area contributed by atoms with Gasteiger partial charge in [0.2, 0.25) is 0 Å². The van der Waals surface area contributed by atoms with Crippen molar-refractivity contribution in [1.82, 2.24) is 14.8 Å². The van der Waals surface area contributed by atoms with Crippen LogP contribution in [0.1, 0.15) is 48.9 Å². The maximum absolute atomic E-state index is 8.92. The first-order valence-corrected chi connectivity index (χ1v) is 8.90. The molecule has 1 aliphatic rings. The summed E-state index contributed by atoms with van der Waals surface area (Å²) in [6.07, 6.45) is 5.41. The standard InChI is InChI=1S/C16H29N3OS/c1-13(2)16-17-11-15(21-16)12-19-8-5-14(6-9-19)18(3)7-4-10-20/h11,13-14,20H,4-10,12H2,1-3H3. The van der Waals surface area contributed by atoms with E-state index >= 15 is 0 Å². The van der Waals surface area contributed by atoms with Crippen molar-refractivity contribution >= 4 is 11.3 Å². The van der Waals surface area contributed by atoms with E-state index in [1.807, 2.05) is 11.3 Å². The molecule has 0 atom stereocenters. The minimum absolute atomic E-state index is 0.298. The van der Waals surface area contributed by atoms with Crippen molar-refractivity contribution in [1.29, 1.82) is 0 Å². The molecule has 0 saturated carbocycles. The largest absolute Gasteiger partial charge is 0.396 e. The molecule has 120 valence electrons. The Morgan fingerprint density at radius 1 is 1.43 bits per heavy atom. The Hall–Kier alpha value is -0.490. The summed E-state index contributed by atoms with van der Waals surface area (Å²) in [5.41, 5.74) is 0. The minimum atomic E-state index is 0.298. The topological polar surface area (TPSA) is 39.6 Å². The summed E-state index contributed by atoms with van der Waals surface area (Å²) < 4.78 is 0. The first-order valence-electron chi connectivity index (χ1n) is 8.08. The number of rotatable bonds is 7. The van der Waals surface area contributed by atoms with Gasteiger partial charge in [-0.15, -0.1) is 11.3 Å². The van der Waals surface area contributed by atoms with Crippen molar-refractivity contribution in [2.24, 2.45) is 0 Å². The third kappa shape index (κ3) is 5.02. The molecule has 5 heteroatoms. The maximum atomic E-state index is 8.92. The monoisotopic (exact) mass is 311 g/mol. The minimum Gasteiger partial charge on any atom is -0.396 e. The number of aliphatic hydroxyl groups is 1. The average Bonchev–Trinajstić information content (AvgIpc) is 2.94. The van der Waals surface area contributed by atoms with Crippen LogP contribution >= 0.6 is 11.3 Å². The fraction of sp³-hybridized carbons (Fsp3) is 0.812. The molecule has 1 aromatic heterocycles. The van der Waals surface area contributed by atoms with E-state index in [4.69, 9.17) is 5.11 Å². The van der Waals surface area contributed by atoms with Crippen LogP contribution in [0.15, 0.2) is 6.20 Å². The van der Waals surface area contributed by atoms with E-state index in [1.165, 1.54) is 35.8 Å². The molecule has 21 heavy (non-hydrogen) atoms. The molecule has 1 aromatic rings. The van der Waals surface area contributed by atoms with Gasteiger partial charge >= 0.3 is 0 Å². The van der Waals surface area contributed by atoms with Crippen molar-refractivity contribution in [2.45, 2.75) is 51.6 Å². The first kappa shape index (κ1) is 16.9. The van der Waals surface area contributed by atoms with Gasteiger partial charge in [-0.3, -0.25) is 4.90 Å². The summed E-state index contributed by atoms with van der Waals surface area (Å²) in [7, 11) is 2.19. The van der Waals surface area contributed by atoms with Gasteiger partial charge in [0.05, 0.1) is 5.01 Å². The molecule has 0 aliphatic carbocycles. The second-order valence-corrected chi connectivity index (χ2v) is 7.53. The summed E-state index contributed by atoms with van der Waals surface area (Å²) in [4.78, 5) is 10.9. The zero-order valence-electron chi connectivity index (χ0n) is 13.6. The van der Waals surface area contributed by atoms with Crippen LogP contribution < -0.4 is 0 Å². The third-order valence-corrected chi connectivity index (χ3v) is 5.58. The number of thiazole rings is 1. The molecule has 0 amide bonds. The number of aromatic nitrogens is 1. The predicted octanol–water partition coefficient (Wildman–Crippen LogP) is 2.55. The molecule has 2 heterocycles. The van der Waals surface area contributed by atoms with Crippen LogP contribution in [0.25, 0.3) is 0 Å². The van der Waals surface area contributed by atoms with Crippen LogP contribution in [0.2, 0.25) is 0 Å². The molecule has 1 saturated heterocycles. The fourth-order valence-electron chi connectivity index (χ4n) is 2.90. The molecule has 4 nitrogen and oxygen atoms in total. The lowest BCUT2D eigenvalue weighted by molar-refractivity contribution is 0.118. The van der Waals surface area contributed by atoms with Crippen LogP contribution in [0, 0.1) is 0 Å². The summed E-state index contributed by atoms with van der Waals surface area (Å²) in [5, 5.41) is 10.2. The van der Waals surface area contributed by atoms with E-state index in [2.05, 4.69) is 41.9 Å². The smallest absolute Gasteiger partial charge is 0.0953 e. The molecule has 2 rings (SSSR count). The molecule has 0 radical (unpaired) electrons. The number of aliphatic hydroxyl groups excluding tert-OH is 1. The van der Waals surface area contributed by atoms with Crippen LogP contribution in [0.3, 0.4) is 0 Å². The van der Waals surface area contributed by atoms with Crippen molar-refractivity contribution < 1.29 is 5.11 Å². The van der Waals surface area contributed by atoms with E-state index in [0.717, 1.165) is 19.5 Å². The Balaban J connectivity index is 1.75. The molecule has 0 unspecified atom stereocenters. The normalized spacial score (nSPS) is 18.0. The highest BCUT2D eigenvalue weighted by atomic mass is 32.1. The highest BCUT2D eigenvalue weighted by Gasteiger charge is 2.22. The number of nitrogens with zero attached hydrogens (tertiary/aromatic N) is 3. The van der Waals surface area contributed by atoms with Gasteiger partial charge in [0.25, 0.3) is 0 Å². The summed E-state index contributed by atoms with van der Waals surface area (Å²) >= 11 is 1.86. The van der Waals surface area contributed by atoms with Gasteiger partial charge in [0.15, 0.2) is 0 Å². The van der Waals surface area contributed by atoms with E-state index in [1.54, 1.807) is 0 Å². The van der Waals surface area contributed by atoms with Gasteiger partial charge < -0.3 is 10.0 Å². The molecule has 1 fully saturated rings. The second kappa shape index (κ2) is 8.22. The summed E-state index contributed by atoms with van der Waals surface area (Å²) in [6.45, 7) is 9.11. The fourth-order valence-corrected chi connectivity index (χ4v) is 3.87. The zero-order chi connectivity index (χ0) is 15.2. The Kier molecular flexibility index (Phi) is 6.61. The van der Waals surface area contributed by atoms with Gasteiger partial charge in [0, 0.05) is 55.8 Å². The van der Waals surface area contributed by atoms with E-state index < -0.39 is 0 Å². The highest BCUT2D eigenvalue weighted by Crippen LogP contribution is 2.24. The molecule has 1 aliphatic heterocycles. The second-order valence-electron chi connectivity index (χ2n) is 6.38. The number of hydrogen-bond acceptors (Lipinski definition) is 5. The molecular weight excluding hydrogens is 282 g/mol. The van der Waals surface area contributed by atoms with Crippen molar-refractivity contribution in [3.63, 3.8) is 0 Å². The lowest BCUT2D eigenvalue weighted by Gasteiger charge is -2.36. The van der Waals surface area contributed by atoms with Crippen molar-refractivity contribution in [3.8, 4) is 0 Å². The van der Waals surface area contributed by atoms with Gasteiger partial charge in [-0.25, -0.2) is 4.98 Å². The number of likely N-dealkylation sites (tertiary alicyclic amines) is 1. The SMILES string of the molecule is CC(C)c1ncc(CN2CCC(N(C)CCCO)CC2)s1. The highest BCUT2D eigenvalue weighted by molar-refractivity contribution is 7.11. The zero-order valence-corrected chi connectivity index (χ0v) is 14.4. The Labute approximate surface area is 132 Å². The van der Waals surface area contributed by atoms with Crippen LogP contribution in [0.5, 0.6) is 0 Å². The number of hydrogen-bond donors (Lipinski definition) is 1. The summed E-state index contributed by atoms with van der Waals surface area (Å²) in [6, 6.07) is 0.681. The third-order valence-electron chi connectivity index (χ3n) is 4.29. The predicted molar refractivity (Wildman–Crippen MR) is 88.8 cm³/mol. The Morgan fingerprint density at radius 3 is 2.71 bits per heavy atom. The van der Waals surface area contributed by atoms with E-state index in [-0.39, 0.29) is 0 Å². The van der Waals surface area contributed by atoms with Gasteiger partial charge in [-0.05, 0) is 26.3 Å². The summed E-state index contributed by atoms with van der Waals surface area (Å²) in [5.74, 6) is 0.537. The average molecular weight is 311 g/mol. The Morgan fingerprint density at radius 2 is 2.14 bits per heavy atom. The number of piperidine rings is 1. The van der Waals surface area contributed by atoms with Gasteiger partial charge in [0.1, 0.15) is 0 Å². The van der Waals surface area contributed by atoms with Crippen LogP contribution in [0.4, 0.5) is 0 Å².